The van der Waals surface area contributed by atoms with Gasteiger partial charge in [0.25, 0.3) is 0 Å². The molecule has 0 unspecified atom stereocenters. The Balaban J connectivity index is 0.00000288. The van der Waals surface area contributed by atoms with Crippen LogP contribution in [-0.2, 0) is 13.0 Å². The lowest BCUT2D eigenvalue weighted by molar-refractivity contribution is 0.414. The van der Waals surface area contributed by atoms with Gasteiger partial charge < -0.3 is 15.4 Å². The van der Waals surface area contributed by atoms with Crippen LogP contribution in [0.2, 0.25) is 0 Å². The number of methoxy groups -OCH3 is 1. The summed E-state index contributed by atoms with van der Waals surface area (Å²) in [6.07, 6.45) is 2.11. The lowest BCUT2D eigenvalue weighted by Gasteiger charge is -2.11. The molecule has 0 aliphatic rings. The number of hydrogen-bond donors (Lipinski definition) is 2. The molecule has 1 aromatic heterocycles. The van der Waals surface area contributed by atoms with Crippen LogP contribution in [0.4, 0.5) is 0 Å². The zero-order valence-corrected chi connectivity index (χ0v) is 17.4. The number of thiophene rings is 1. The SMILES string of the molecule is CCNC(=NCc1cccs1)NCCCc1ccc(OC)cc1.I. The first kappa shape index (κ1) is 20.8. The predicted molar refractivity (Wildman–Crippen MR) is 114 cm³/mol. The number of nitrogens with zero attached hydrogens (tertiary/aromatic N) is 1. The van der Waals surface area contributed by atoms with Crippen molar-refractivity contribution in [2.45, 2.75) is 26.3 Å². The Hall–Kier alpha value is -1.28. The third kappa shape index (κ3) is 7.53. The molecule has 0 bridgehead atoms. The maximum absolute atomic E-state index is 5.18. The van der Waals surface area contributed by atoms with Gasteiger partial charge in [-0.3, -0.25) is 0 Å². The lowest BCUT2D eigenvalue weighted by atomic mass is 10.1. The molecule has 2 N–H and O–H groups in total. The summed E-state index contributed by atoms with van der Waals surface area (Å²) in [5, 5.41) is 8.76. The van der Waals surface area contributed by atoms with Crippen molar-refractivity contribution in [3.8, 4) is 5.75 Å². The van der Waals surface area contributed by atoms with Gasteiger partial charge in [-0.05, 0) is 48.9 Å². The van der Waals surface area contributed by atoms with E-state index in [4.69, 9.17) is 4.74 Å². The van der Waals surface area contributed by atoms with Crippen LogP contribution < -0.4 is 15.4 Å². The number of benzene rings is 1. The number of ether oxygens (including phenoxy) is 1. The predicted octanol–water partition coefficient (Wildman–Crippen LogP) is 4.06. The van der Waals surface area contributed by atoms with Gasteiger partial charge in [0, 0.05) is 18.0 Å². The number of aryl methyl sites for hydroxylation is 1. The van der Waals surface area contributed by atoms with E-state index >= 15 is 0 Å². The maximum Gasteiger partial charge on any atom is 0.191 e. The van der Waals surface area contributed by atoms with Gasteiger partial charge in [0.15, 0.2) is 5.96 Å². The topological polar surface area (TPSA) is 45.7 Å². The van der Waals surface area contributed by atoms with Crippen LogP contribution in [0.25, 0.3) is 0 Å². The van der Waals surface area contributed by atoms with Gasteiger partial charge in [0.05, 0.1) is 13.7 Å². The summed E-state index contributed by atoms with van der Waals surface area (Å²) in [6.45, 7) is 4.59. The molecular weight excluding hydrogens is 433 g/mol. The Labute approximate surface area is 165 Å². The molecule has 0 spiro atoms. The van der Waals surface area contributed by atoms with E-state index in [1.807, 2.05) is 12.1 Å². The van der Waals surface area contributed by atoms with Crippen molar-refractivity contribution in [1.82, 2.24) is 10.6 Å². The summed E-state index contributed by atoms with van der Waals surface area (Å²) < 4.78 is 5.18. The van der Waals surface area contributed by atoms with Gasteiger partial charge in [-0.25, -0.2) is 4.99 Å². The number of guanidine groups is 1. The molecule has 0 radical (unpaired) electrons. The molecule has 1 aromatic carbocycles. The number of hydrogen-bond acceptors (Lipinski definition) is 3. The summed E-state index contributed by atoms with van der Waals surface area (Å²) in [6, 6.07) is 12.4. The quantitative estimate of drug-likeness (QED) is 0.271. The van der Waals surface area contributed by atoms with Crippen LogP contribution in [0.5, 0.6) is 5.75 Å². The van der Waals surface area contributed by atoms with Crippen molar-refractivity contribution < 1.29 is 4.74 Å². The smallest absolute Gasteiger partial charge is 0.191 e. The molecule has 0 saturated carbocycles. The highest BCUT2D eigenvalue weighted by Gasteiger charge is 1.99. The monoisotopic (exact) mass is 459 g/mol. The molecule has 6 heteroatoms. The molecular formula is C18H26IN3OS. The Kier molecular flexibility index (Phi) is 10.5. The highest BCUT2D eigenvalue weighted by molar-refractivity contribution is 14.0. The number of nitrogens with one attached hydrogen (secondary N) is 2. The van der Waals surface area contributed by atoms with Crippen molar-refractivity contribution in [2.75, 3.05) is 20.2 Å². The molecule has 2 aromatic rings. The average Bonchev–Trinajstić information content (AvgIpc) is 3.10. The Morgan fingerprint density at radius 2 is 1.96 bits per heavy atom. The molecule has 0 saturated heterocycles. The standard InChI is InChI=1S/C18H25N3OS.HI/c1-3-19-18(21-14-17-7-5-13-23-17)20-12-4-6-15-8-10-16(22-2)11-9-15;/h5,7-11,13H,3-4,6,12,14H2,1-2H3,(H2,19,20,21);1H. The highest BCUT2D eigenvalue weighted by atomic mass is 127. The molecule has 24 heavy (non-hydrogen) atoms. The fraction of sp³-hybridized carbons (Fsp3) is 0.389. The molecule has 0 aliphatic carbocycles. The van der Waals surface area contributed by atoms with Crippen molar-refractivity contribution >= 4 is 41.3 Å². The minimum Gasteiger partial charge on any atom is -0.497 e. The molecule has 4 nitrogen and oxygen atoms in total. The molecule has 2 rings (SSSR count). The summed E-state index contributed by atoms with van der Waals surface area (Å²) in [5.74, 6) is 1.79. The van der Waals surface area contributed by atoms with Crippen LogP contribution in [0.3, 0.4) is 0 Å². The molecule has 132 valence electrons. The van der Waals surface area contributed by atoms with Crippen molar-refractivity contribution in [1.29, 1.82) is 0 Å². The first-order valence-electron chi connectivity index (χ1n) is 7.99. The van der Waals surface area contributed by atoms with Gasteiger partial charge in [-0.1, -0.05) is 18.2 Å². The molecule has 1 heterocycles. The summed E-state index contributed by atoms with van der Waals surface area (Å²) >= 11 is 1.74. The minimum atomic E-state index is 0. The minimum absolute atomic E-state index is 0. The third-order valence-corrected chi connectivity index (χ3v) is 4.27. The van der Waals surface area contributed by atoms with Crippen LogP contribution in [0, 0.1) is 0 Å². The van der Waals surface area contributed by atoms with Crippen LogP contribution in [-0.4, -0.2) is 26.2 Å². The van der Waals surface area contributed by atoms with E-state index in [1.165, 1.54) is 10.4 Å². The van der Waals surface area contributed by atoms with E-state index in [0.717, 1.165) is 44.2 Å². The fourth-order valence-corrected chi connectivity index (χ4v) is 2.82. The summed E-state index contributed by atoms with van der Waals surface area (Å²) in [5.41, 5.74) is 1.33. The van der Waals surface area contributed by atoms with Gasteiger partial charge >= 0.3 is 0 Å². The lowest BCUT2D eigenvalue weighted by Crippen LogP contribution is -2.37. The number of halogens is 1. The van der Waals surface area contributed by atoms with E-state index in [1.54, 1.807) is 18.4 Å². The maximum atomic E-state index is 5.18. The summed E-state index contributed by atoms with van der Waals surface area (Å²) in [7, 11) is 1.69. The number of rotatable bonds is 8. The molecule has 0 atom stereocenters. The Morgan fingerprint density at radius 3 is 2.58 bits per heavy atom. The Morgan fingerprint density at radius 1 is 1.17 bits per heavy atom. The third-order valence-electron chi connectivity index (χ3n) is 3.41. The van der Waals surface area contributed by atoms with Crippen LogP contribution in [0.1, 0.15) is 23.8 Å². The molecule has 0 amide bonds. The van der Waals surface area contributed by atoms with Gasteiger partial charge in [0.1, 0.15) is 5.75 Å². The van der Waals surface area contributed by atoms with E-state index in [2.05, 4.69) is 52.2 Å². The fourth-order valence-electron chi connectivity index (χ4n) is 2.19. The number of aliphatic imine (C=N–C) groups is 1. The van der Waals surface area contributed by atoms with Crippen LogP contribution in [0.15, 0.2) is 46.8 Å². The first-order valence-corrected chi connectivity index (χ1v) is 8.87. The van der Waals surface area contributed by atoms with Gasteiger partial charge in [0.2, 0.25) is 0 Å². The molecule has 0 fully saturated rings. The molecule has 0 aliphatic heterocycles. The van der Waals surface area contributed by atoms with Gasteiger partial charge in [-0.15, -0.1) is 35.3 Å². The van der Waals surface area contributed by atoms with E-state index in [-0.39, 0.29) is 24.0 Å². The second-order valence-electron chi connectivity index (χ2n) is 5.15. The van der Waals surface area contributed by atoms with Crippen LogP contribution >= 0.6 is 35.3 Å². The zero-order chi connectivity index (χ0) is 16.3. The normalized spacial score (nSPS) is 10.8. The second kappa shape index (κ2) is 12.1. The largest absolute Gasteiger partial charge is 0.497 e. The first-order chi connectivity index (χ1) is 11.3. The summed E-state index contributed by atoms with van der Waals surface area (Å²) in [4.78, 5) is 5.89. The van der Waals surface area contributed by atoms with E-state index in [9.17, 15) is 0 Å². The van der Waals surface area contributed by atoms with Crippen molar-refractivity contribution in [3.05, 3.63) is 52.2 Å². The van der Waals surface area contributed by atoms with E-state index < -0.39 is 0 Å². The average molecular weight is 459 g/mol. The second-order valence-corrected chi connectivity index (χ2v) is 6.19. The van der Waals surface area contributed by atoms with Crippen molar-refractivity contribution in [2.24, 2.45) is 4.99 Å². The van der Waals surface area contributed by atoms with E-state index in [0.29, 0.717) is 0 Å². The van der Waals surface area contributed by atoms with Crippen molar-refractivity contribution in [3.63, 3.8) is 0 Å². The highest BCUT2D eigenvalue weighted by Crippen LogP contribution is 2.12. The van der Waals surface area contributed by atoms with Gasteiger partial charge in [-0.2, -0.15) is 0 Å². The Bertz CT molecular complexity index is 585. The zero-order valence-electron chi connectivity index (χ0n) is 14.2.